The molecule has 30 heteroatoms. The van der Waals surface area contributed by atoms with Gasteiger partial charge in [0, 0.05) is 0 Å². The Balaban J connectivity index is -0.0000000459. The number of rotatable bonds is 6. The molecule has 0 aliphatic heterocycles. The van der Waals surface area contributed by atoms with Crippen molar-refractivity contribution in [1.29, 1.82) is 0 Å². The second kappa shape index (κ2) is 15.5. The SMILES string of the molecule is CC(O)(S(=O)(=O)O)S(=O)(=O)O.CC(O)(S(=O)(=O)O)S(=O)(=O)O.CC(O)(S(=O)(=O)O)S(=O)(=O)O.[H-].[H-].[H-].[Na+].[Na+].[Na+]. The second-order valence-corrected chi connectivity index (χ2v) is 16.8. The molecule has 0 heterocycles. The van der Waals surface area contributed by atoms with Gasteiger partial charge in [-0.05, 0) is 20.8 Å². The van der Waals surface area contributed by atoms with Crippen LogP contribution in [0.5, 0.6) is 0 Å². The van der Waals surface area contributed by atoms with Crippen LogP contribution in [0.3, 0.4) is 0 Å². The minimum Gasteiger partial charge on any atom is -1.00 e. The first-order chi connectivity index (χ1) is 13.5. The van der Waals surface area contributed by atoms with Crippen LogP contribution in [0.15, 0.2) is 0 Å². The predicted molar refractivity (Wildman–Crippen MR) is 104 cm³/mol. The molecule has 21 nitrogen and oxygen atoms in total. The van der Waals surface area contributed by atoms with Crippen LogP contribution >= 0.6 is 0 Å². The van der Waals surface area contributed by atoms with Crippen molar-refractivity contribution in [1.82, 2.24) is 0 Å². The summed E-state index contributed by atoms with van der Waals surface area (Å²) in [5, 5.41) is 25.5. The van der Waals surface area contributed by atoms with E-state index in [2.05, 4.69) is 0 Å². The van der Waals surface area contributed by atoms with E-state index in [9.17, 15) is 50.5 Å². The summed E-state index contributed by atoms with van der Waals surface area (Å²) in [5.74, 6) is 0. The third-order valence-corrected chi connectivity index (χ3v) is 12.4. The molecule has 0 saturated heterocycles. The van der Waals surface area contributed by atoms with Gasteiger partial charge < -0.3 is 19.6 Å². The minimum atomic E-state index is -5.24. The fraction of sp³-hybridized carbons (Fsp3) is 1.00. The van der Waals surface area contributed by atoms with Gasteiger partial charge in [-0.1, -0.05) is 0 Å². The van der Waals surface area contributed by atoms with Crippen LogP contribution in [0.25, 0.3) is 0 Å². The summed E-state index contributed by atoms with van der Waals surface area (Å²) in [7, 11) is -31.5. The molecule has 0 amide bonds. The molecule has 0 fully saturated rings. The third kappa shape index (κ3) is 14.3. The smallest absolute Gasteiger partial charge is 1.00 e. The topological polar surface area (TPSA) is 387 Å². The van der Waals surface area contributed by atoms with E-state index < -0.39 is 73.5 Å². The van der Waals surface area contributed by atoms with Crippen molar-refractivity contribution in [2.75, 3.05) is 0 Å². The van der Waals surface area contributed by atoms with Gasteiger partial charge in [0.1, 0.15) is 0 Å². The van der Waals surface area contributed by atoms with Gasteiger partial charge in [-0.2, -0.15) is 50.5 Å². The van der Waals surface area contributed by atoms with Crippen LogP contribution in [0.1, 0.15) is 25.1 Å². The molecule has 0 aliphatic carbocycles. The Kier molecular flexibility index (Phi) is 22.1. The molecule has 0 spiro atoms. The van der Waals surface area contributed by atoms with Crippen LogP contribution in [0, 0.1) is 0 Å². The van der Waals surface area contributed by atoms with Crippen molar-refractivity contribution in [2.45, 2.75) is 33.6 Å². The second-order valence-electron chi connectivity index (χ2n) is 5.54. The van der Waals surface area contributed by atoms with E-state index in [-0.39, 0.29) is 114 Å². The van der Waals surface area contributed by atoms with Crippen LogP contribution in [0.2, 0.25) is 0 Å². The van der Waals surface area contributed by atoms with Gasteiger partial charge in [-0.25, -0.2) is 0 Å². The molecule has 9 N–H and O–H groups in total. The van der Waals surface area contributed by atoms with Gasteiger partial charge in [0.25, 0.3) is 0 Å². The van der Waals surface area contributed by atoms with Crippen molar-refractivity contribution in [3.05, 3.63) is 0 Å². The first-order valence-corrected chi connectivity index (χ1v) is 15.1. The van der Waals surface area contributed by atoms with E-state index in [1.54, 1.807) is 0 Å². The van der Waals surface area contributed by atoms with Gasteiger partial charge >= 0.3 is 162 Å². The van der Waals surface area contributed by atoms with E-state index in [1.807, 2.05) is 0 Å². The summed E-state index contributed by atoms with van der Waals surface area (Å²) in [6.45, 7) is 0.701. The van der Waals surface area contributed by atoms with E-state index in [0.29, 0.717) is 0 Å². The maximum Gasteiger partial charge on any atom is 1.00 e. The van der Waals surface area contributed by atoms with Crippen LogP contribution in [-0.4, -0.2) is 106 Å². The van der Waals surface area contributed by atoms with Crippen LogP contribution in [-0.2, 0) is 60.7 Å². The quantitative estimate of drug-likeness (QED) is 0.0922. The Bertz CT molecular complexity index is 1090. The van der Waals surface area contributed by atoms with Crippen molar-refractivity contribution in [2.24, 2.45) is 0 Å². The zero-order chi connectivity index (χ0) is 28.5. The van der Waals surface area contributed by atoms with Crippen molar-refractivity contribution in [3.8, 4) is 0 Å². The molecule has 0 aromatic heterocycles. The Morgan fingerprint density at radius 1 is 0.361 bits per heavy atom. The van der Waals surface area contributed by atoms with E-state index in [1.165, 1.54) is 0 Å². The molecule has 0 radical (unpaired) electrons. The molecule has 0 aliphatic rings. The fourth-order valence-corrected chi connectivity index (χ4v) is 3.59. The van der Waals surface area contributed by atoms with Crippen LogP contribution < -0.4 is 88.7 Å². The number of hydrogen-bond acceptors (Lipinski definition) is 15. The zero-order valence-corrected chi connectivity index (χ0v) is 29.8. The zero-order valence-electron chi connectivity index (χ0n) is 21.9. The van der Waals surface area contributed by atoms with Crippen molar-refractivity contribution in [3.63, 3.8) is 0 Å². The molecule has 0 aromatic carbocycles. The fourth-order valence-electron chi connectivity index (χ4n) is 0.399. The molecule has 210 valence electrons. The summed E-state index contributed by atoms with van der Waals surface area (Å²) < 4.78 is 158. The monoisotopic (exact) mass is 690 g/mol. The van der Waals surface area contributed by atoms with Crippen LogP contribution in [0.4, 0.5) is 0 Å². The largest absolute Gasteiger partial charge is 1.00 e. The first kappa shape index (κ1) is 51.1. The molecule has 0 saturated carbocycles. The molecule has 0 atom stereocenters. The van der Waals surface area contributed by atoms with E-state index >= 15 is 0 Å². The average Bonchev–Trinajstić information content (AvgIpc) is 2.41. The minimum absolute atomic E-state index is 0. The van der Waals surface area contributed by atoms with Gasteiger partial charge in [-0.3, -0.25) is 27.3 Å². The summed E-state index contributed by atoms with van der Waals surface area (Å²) >= 11 is 0. The molecule has 0 rings (SSSR count). The normalized spacial score (nSPS) is 13.7. The third-order valence-electron chi connectivity index (χ3n) is 2.87. The van der Waals surface area contributed by atoms with E-state index in [0.717, 1.165) is 0 Å². The summed E-state index contributed by atoms with van der Waals surface area (Å²) in [6, 6.07) is 0. The molecule has 0 aromatic rings. The Morgan fingerprint density at radius 3 is 0.417 bits per heavy atom. The number of hydrogen-bond donors (Lipinski definition) is 9. The summed E-state index contributed by atoms with van der Waals surface area (Å²) in [6.07, 6.45) is 0. The first-order valence-electron chi connectivity index (χ1n) is 6.49. The Labute approximate surface area is 276 Å². The van der Waals surface area contributed by atoms with Gasteiger partial charge in [-0.15, -0.1) is 0 Å². The molecule has 36 heavy (non-hydrogen) atoms. The average molecular weight is 691 g/mol. The molecule has 0 unspecified atom stereocenters. The maximum atomic E-state index is 10.1. The number of aliphatic hydroxyl groups is 3. The summed E-state index contributed by atoms with van der Waals surface area (Å²) in [5.41, 5.74) is 0. The van der Waals surface area contributed by atoms with Gasteiger partial charge in [0.05, 0.1) is 0 Å². The Hall–Kier alpha value is 2.34. The van der Waals surface area contributed by atoms with Gasteiger partial charge in [0.15, 0.2) is 0 Å². The predicted octanol–water partition coefficient (Wildman–Crippen LogP) is -13.4. The maximum absolute atomic E-state index is 10.1. The van der Waals surface area contributed by atoms with E-state index in [4.69, 9.17) is 42.6 Å². The molecule has 0 bridgehead atoms. The van der Waals surface area contributed by atoms with Crippen molar-refractivity contribution >= 4 is 60.7 Å². The summed E-state index contributed by atoms with van der Waals surface area (Å²) in [4.78, 5) is 0. The van der Waals surface area contributed by atoms with Crippen molar-refractivity contribution < 1.29 is 186 Å². The van der Waals surface area contributed by atoms with Gasteiger partial charge in [0.2, 0.25) is 0 Å². The standard InChI is InChI=1S/3C2H6O7S2.3Na.3H/c3*1-2(3,10(4,5)6)11(7,8)9;;;;;;/h3*3H,1H3,(H,4,5,6)(H,7,8,9);;;;;;/q;;;3*+1;3*-1. The Morgan fingerprint density at radius 2 is 0.417 bits per heavy atom. The molecular formula is C6H21Na3O21S6. The molecular weight excluding hydrogens is 669 g/mol.